The highest BCUT2D eigenvalue weighted by molar-refractivity contribution is 6.34. The van der Waals surface area contributed by atoms with Gasteiger partial charge < -0.3 is 4.40 Å². The Hall–Kier alpha value is -4.10. The Labute approximate surface area is 178 Å². The lowest BCUT2D eigenvalue weighted by Crippen LogP contribution is -1.81. The van der Waals surface area contributed by atoms with E-state index in [1.807, 2.05) is 0 Å². The first-order chi connectivity index (χ1) is 15.4. The minimum Gasteiger partial charge on any atom is -0.307 e. The Bertz CT molecular complexity index is 1760. The quantitative estimate of drug-likeness (QED) is 0.280. The van der Waals surface area contributed by atoms with Crippen LogP contribution in [0.15, 0.2) is 103 Å². The molecule has 0 amide bonds. The van der Waals surface area contributed by atoms with Crippen molar-refractivity contribution in [1.82, 2.24) is 4.40 Å². The van der Waals surface area contributed by atoms with Crippen LogP contribution in [0.25, 0.3) is 71.1 Å². The molecule has 0 fully saturated rings. The Balaban J connectivity index is 1.44. The van der Waals surface area contributed by atoms with Crippen molar-refractivity contribution in [3.8, 4) is 22.3 Å². The molecule has 3 aromatic heterocycles. The van der Waals surface area contributed by atoms with Gasteiger partial charge in [0.1, 0.15) is 0 Å². The molecule has 0 aliphatic rings. The Morgan fingerprint density at radius 2 is 0.742 bits per heavy atom. The highest BCUT2D eigenvalue weighted by Crippen LogP contribution is 2.47. The van der Waals surface area contributed by atoms with Crippen LogP contribution in [-0.4, -0.2) is 4.40 Å². The lowest BCUT2D eigenvalue weighted by molar-refractivity contribution is 1.41. The van der Waals surface area contributed by atoms with Crippen molar-refractivity contribution in [2.24, 2.45) is 0 Å². The van der Waals surface area contributed by atoms with Crippen LogP contribution in [0.3, 0.4) is 0 Å². The molecule has 0 saturated carbocycles. The Kier molecular flexibility index (Phi) is 2.70. The van der Waals surface area contributed by atoms with Crippen molar-refractivity contribution in [2.75, 3.05) is 0 Å². The Morgan fingerprint density at radius 3 is 1.29 bits per heavy atom. The number of fused-ring (bicyclic) bond motifs is 3. The average molecular weight is 391 g/mol. The van der Waals surface area contributed by atoms with Crippen molar-refractivity contribution < 1.29 is 0 Å². The third kappa shape index (κ3) is 1.83. The molecule has 1 nitrogen and oxygen atoms in total. The number of benzene rings is 5. The molecule has 31 heavy (non-hydrogen) atoms. The lowest BCUT2D eigenvalue weighted by Gasteiger charge is -2.06. The SMILES string of the molecule is c1ccc(-c2ccc(-c3cc4c5cccc6c7cccc8c(c3)c4n(c65)c78)cc2)cc1. The van der Waals surface area contributed by atoms with E-state index in [0.717, 1.165) is 0 Å². The van der Waals surface area contributed by atoms with E-state index in [2.05, 4.69) is 108 Å². The van der Waals surface area contributed by atoms with Crippen LogP contribution < -0.4 is 0 Å². The number of rotatable bonds is 2. The summed E-state index contributed by atoms with van der Waals surface area (Å²) in [4.78, 5) is 0. The van der Waals surface area contributed by atoms with E-state index in [9.17, 15) is 0 Å². The number of hydrogen-bond donors (Lipinski definition) is 0. The molecule has 5 aromatic carbocycles. The van der Waals surface area contributed by atoms with E-state index in [4.69, 9.17) is 0 Å². The van der Waals surface area contributed by atoms with Crippen LogP contribution in [0.5, 0.6) is 0 Å². The van der Waals surface area contributed by atoms with Gasteiger partial charge in [-0.25, -0.2) is 0 Å². The lowest BCUT2D eigenvalue weighted by atomic mass is 9.97. The summed E-state index contributed by atoms with van der Waals surface area (Å²) in [5.41, 5.74) is 9.17. The van der Waals surface area contributed by atoms with Crippen molar-refractivity contribution >= 4 is 48.9 Å². The molecule has 0 aliphatic carbocycles. The fourth-order valence-electron chi connectivity index (χ4n) is 5.71. The Morgan fingerprint density at radius 1 is 0.323 bits per heavy atom. The maximum Gasteiger partial charge on any atom is 0.0621 e. The van der Waals surface area contributed by atoms with Gasteiger partial charge in [0.25, 0.3) is 0 Å². The summed E-state index contributed by atoms with van der Waals surface area (Å²) >= 11 is 0. The van der Waals surface area contributed by atoms with Crippen LogP contribution >= 0.6 is 0 Å². The van der Waals surface area contributed by atoms with Crippen LogP contribution in [0.2, 0.25) is 0 Å². The van der Waals surface area contributed by atoms with Crippen LogP contribution in [0, 0.1) is 0 Å². The smallest absolute Gasteiger partial charge is 0.0621 e. The zero-order chi connectivity index (χ0) is 20.1. The highest BCUT2D eigenvalue weighted by atomic mass is 14.9. The normalized spacial score (nSPS) is 12.5. The van der Waals surface area contributed by atoms with Gasteiger partial charge in [0.05, 0.1) is 16.6 Å². The first-order valence-electron chi connectivity index (χ1n) is 10.8. The second-order valence-corrected chi connectivity index (χ2v) is 8.60. The van der Waals surface area contributed by atoms with E-state index >= 15 is 0 Å². The third-order valence-corrected chi connectivity index (χ3v) is 7.05. The fraction of sp³-hybridized carbons (Fsp3) is 0. The molecular weight excluding hydrogens is 374 g/mol. The van der Waals surface area contributed by atoms with Crippen LogP contribution in [0.1, 0.15) is 0 Å². The second-order valence-electron chi connectivity index (χ2n) is 8.60. The maximum atomic E-state index is 2.50. The van der Waals surface area contributed by atoms with Gasteiger partial charge in [-0.05, 0) is 34.4 Å². The molecule has 0 radical (unpaired) electrons. The molecule has 3 heterocycles. The van der Waals surface area contributed by atoms with E-state index in [1.165, 1.54) is 71.1 Å². The van der Waals surface area contributed by atoms with Gasteiger partial charge in [0.15, 0.2) is 0 Å². The second kappa shape index (κ2) is 5.33. The fourth-order valence-corrected chi connectivity index (χ4v) is 5.71. The van der Waals surface area contributed by atoms with Gasteiger partial charge in [0, 0.05) is 32.3 Å². The largest absolute Gasteiger partial charge is 0.307 e. The number of aromatic nitrogens is 1. The molecular formula is C30H17N. The van der Waals surface area contributed by atoms with Gasteiger partial charge in [-0.3, -0.25) is 0 Å². The van der Waals surface area contributed by atoms with Crippen LogP contribution in [0.4, 0.5) is 0 Å². The molecule has 0 aliphatic heterocycles. The summed E-state index contributed by atoms with van der Waals surface area (Å²) in [6, 6.07) is 37.8. The molecule has 0 atom stereocenters. The first-order valence-corrected chi connectivity index (χ1v) is 10.8. The summed E-state index contributed by atoms with van der Waals surface area (Å²) < 4.78 is 2.50. The van der Waals surface area contributed by atoms with Gasteiger partial charge in [-0.1, -0.05) is 91.0 Å². The van der Waals surface area contributed by atoms with E-state index in [-0.39, 0.29) is 0 Å². The predicted molar refractivity (Wildman–Crippen MR) is 132 cm³/mol. The molecule has 0 N–H and O–H groups in total. The minimum atomic E-state index is 1.25. The third-order valence-electron chi connectivity index (χ3n) is 7.05. The standard InChI is InChI=1S/C30H17N/c1-2-6-18(7-3-1)19-12-14-20(15-13-19)21-16-26-24-10-4-8-22-23-9-5-11-25-27(17-21)30(26)31(28(22)24)29(23)25/h1-17H. The van der Waals surface area contributed by atoms with E-state index in [1.54, 1.807) is 0 Å². The topological polar surface area (TPSA) is 4.41 Å². The van der Waals surface area contributed by atoms with Crippen molar-refractivity contribution in [1.29, 1.82) is 0 Å². The minimum absolute atomic E-state index is 1.25. The highest BCUT2D eigenvalue weighted by Gasteiger charge is 2.24. The summed E-state index contributed by atoms with van der Waals surface area (Å²) in [5, 5.41) is 8.17. The van der Waals surface area contributed by atoms with E-state index < -0.39 is 0 Å². The summed E-state index contributed by atoms with van der Waals surface area (Å²) in [6.07, 6.45) is 0. The molecule has 0 saturated heterocycles. The molecule has 0 unspecified atom stereocenters. The van der Waals surface area contributed by atoms with Crippen molar-refractivity contribution in [3.05, 3.63) is 103 Å². The van der Waals surface area contributed by atoms with E-state index in [0.29, 0.717) is 0 Å². The van der Waals surface area contributed by atoms with Gasteiger partial charge in [0.2, 0.25) is 0 Å². The molecule has 0 bridgehead atoms. The van der Waals surface area contributed by atoms with Crippen LogP contribution in [-0.2, 0) is 0 Å². The van der Waals surface area contributed by atoms with Crippen molar-refractivity contribution in [3.63, 3.8) is 0 Å². The monoisotopic (exact) mass is 391 g/mol. The predicted octanol–water partition coefficient (Wildman–Crippen LogP) is 8.20. The number of hydrogen-bond acceptors (Lipinski definition) is 0. The van der Waals surface area contributed by atoms with Gasteiger partial charge in [-0.15, -0.1) is 0 Å². The summed E-state index contributed by atoms with van der Waals surface area (Å²) in [7, 11) is 0. The maximum absolute atomic E-state index is 2.50. The summed E-state index contributed by atoms with van der Waals surface area (Å²) in [5.74, 6) is 0. The average Bonchev–Trinajstić information content (AvgIpc) is 3.48. The summed E-state index contributed by atoms with van der Waals surface area (Å²) in [6.45, 7) is 0. The molecule has 0 spiro atoms. The van der Waals surface area contributed by atoms with Gasteiger partial charge in [-0.2, -0.15) is 0 Å². The number of para-hydroxylation sites is 2. The first kappa shape index (κ1) is 15.7. The molecule has 142 valence electrons. The molecule has 8 rings (SSSR count). The molecule has 8 aromatic rings. The number of nitrogens with zero attached hydrogens (tertiary/aromatic N) is 1. The molecule has 1 heteroatoms. The zero-order valence-electron chi connectivity index (χ0n) is 16.8. The zero-order valence-corrected chi connectivity index (χ0v) is 16.8. The van der Waals surface area contributed by atoms with Crippen molar-refractivity contribution in [2.45, 2.75) is 0 Å². The van der Waals surface area contributed by atoms with Gasteiger partial charge >= 0.3 is 0 Å².